The molecule has 1 fully saturated rings. The zero-order valence-electron chi connectivity index (χ0n) is 15.3. The summed E-state index contributed by atoms with van der Waals surface area (Å²) in [4.78, 5) is 38.5. The van der Waals surface area contributed by atoms with E-state index in [9.17, 15) is 14.4 Å². The molecule has 25 heavy (non-hydrogen) atoms. The van der Waals surface area contributed by atoms with Crippen LogP contribution < -0.4 is 5.32 Å². The fraction of sp³-hybridized carbons (Fsp3) is 0.526. The molecule has 1 atom stereocenters. The van der Waals surface area contributed by atoms with Gasteiger partial charge in [0.1, 0.15) is 6.04 Å². The van der Waals surface area contributed by atoms with Gasteiger partial charge < -0.3 is 15.0 Å². The van der Waals surface area contributed by atoms with Crippen molar-refractivity contribution in [1.29, 1.82) is 0 Å². The Bertz CT molecular complexity index is 664. The summed E-state index contributed by atoms with van der Waals surface area (Å²) in [5, 5.41) is 2.82. The summed E-state index contributed by atoms with van der Waals surface area (Å²) >= 11 is 0. The number of rotatable bonds is 3. The molecule has 1 unspecified atom stereocenters. The highest BCUT2D eigenvalue weighted by Crippen LogP contribution is 2.23. The van der Waals surface area contributed by atoms with Crippen LogP contribution in [0, 0.1) is 5.41 Å². The molecule has 1 N–H and O–H groups in total. The van der Waals surface area contributed by atoms with E-state index in [0.717, 1.165) is 12.8 Å². The second-order valence-corrected chi connectivity index (χ2v) is 7.32. The van der Waals surface area contributed by atoms with E-state index in [-0.39, 0.29) is 17.8 Å². The third-order valence-electron chi connectivity index (χ3n) is 4.29. The van der Waals surface area contributed by atoms with Gasteiger partial charge in [-0.15, -0.1) is 0 Å². The highest BCUT2D eigenvalue weighted by Gasteiger charge is 2.33. The number of hydrogen-bond acceptors (Lipinski definition) is 4. The van der Waals surface area contributed by atoms with Crippen LogP contribution in [0.4, 0.5) is 5.69 Å². The highest BCUT2D eigenvalue weighted by atomic mass is 16.5. The van der Waals surface area contributed by atoms with Gasteiger partial charge in [0, 0.05) is 23.2 Å². The van der Waals surface area contributed by atoms with Crippen molar-refractivity contribution < 1.29 is 19.1 Å². The average Bonchev–Trinajstić information content (AvgIpc) is 2.59. The van der Waals surface area contributed by atoms with Crippen LogP contribution in [-0.4, -0.2) is 42.4 Å². The quantitative estimate of drug-likeness (QED) is 0.854. The number of anilines is 1. The van der Waals surface area contributed by atoms with Gasteiger partial charge in [-0.2, -0.15) is 0 Å². The number of amides is 2. The van der Waals surface area contributed by atoms with Crippen LogP contribution in [0.15, 0.2) is 24.3 Å². The molecule has 1 aliphatic heterocycles. The molecule has 0 radical (unpaired) electrons. The van der Waals surface area contributed by atoms with Gasteiger partial charge in [-0.25, -0.2) is 4.79 Å². The number of hydrogen-bond donors (Lipinski definition) is 1. The third kappa shape index (κ3) is 4.59. The fourth-order valence-corrected chi connectivity index (χ4v) is 2.77. The molecule has 0 spiro atoms. The highest BCUT2D eigenvalue weighted by molar-refractivity contribution is 5.99. The van der Waals surface area contributed by atoms with E-state index in [0.29, 0.717) is 24.2 Å². The Morgan fingerprint density at radius 2 is 1.92 bits per heavy atom. The SMILES string of the molecule is COC(=O)C1CCCCN1C(=O)c1cccc(NC(=O)C(C)(C)C)c1. The van der Waals surface area contributed by atoms with Crippen LogP contribution in [0.5, 0.6) is 0 Å². The lowest BCUT2D eigenvalue weighted by molar-refractivity contribution is -0.147. The van der Waals surface area contributed by atoms with Gasteiger partial charge in [0.15, 0.2) is 0 Å². The number of esters is 1. The zero-order chi connectivity index (χ0) is 18.6. The number of carbonyl (C=O) groups is 3. The first kappa shape index (κ1) is 19.0. The number of carbonyl (C=O) groups excluding carboxylic acids is 3. The molecule has 136 valence electrons. The molecule has 2 rings (SSSR count). The van der Waals surface area contributed by atoms with Gasteiger partial charge in [-0.3, -0.25) is 9.59 Å². The van der Waals surface area contributed by atoms with E-state index in [2.05, 4.69) is 5.32 Å². The second-order valence-electron chi connectivity index (χ2n) is 7.32. The molecule has 1 saturated heterocycles. The van der Waals surface area contributed by atoms with Crippen LogP contribution >= 0.6 is 0 Å². The first-order valence-corrected chi connectivity index (χ1v) is 8.54. The molecule has 1 aromatic carbocycles. The molecule has 0 aromatic heterocycles. The lowest BCUT2D eigenvalue weighted by atomic mass is 9.95. The van der Waals surface area contributed by atoms with E-state index in [1.54, 1.807) is 29.2 Å². The van der Waals surface area contributed by atoms with Crippen molar-refractivity contribution in [3.05, 3.63) is 29.8 Å². The van der Waals surface area contributed by atoms with Crippen LogP contribution in [0.3, 0.4) is 0 Å². The average molecular weight is 346 g/mol. The summed E-state index contributed by atoms with van der Waals surface area (Å²) in [7, 11) is 1.34. The Kier molecular flexibility index (Phi) is 5.82. The van der Waals surface area contributed by atoms with Gasteiger partial charge in [-0.05, 0) is 37.5 Å². The molecular weight excluding hydrogens is 320 g/mol. The molecular formula is C19H26N2O4. The van der Waals surface area contributed by atoms with E-state index >= 15 is 0 Å². The summed E-state index contributed by atoms with van der Waals surface area (Å²) in [5.41, 5.74) is 0.489. The van der Waals surface area contributed by atoms with E-state index < -0.39 is 11.5 Å². The molecule has 6 heteroatoms. The van der Waals surface area contributed by atoms with Crippen molar-refractivity contribution in [3.63, 3.8) is 0 Å². The number of nitrogens with zero attached hydrogens (tertiary/aromatic N) is 1. The summed E-state index contributed by atoms with van der Waals surface area (Å²) in [6.45, 7) is 6.00. The van der Waals surface area contributed by atoms with Crippen LogP contribution in [-0.2, 0) is 14.3 Å². The van der Waals surface area contributed by atoms with Crippen LogP contribution in [0.1, 0.15) is 50.4 Å². The minimum atomic E-state index is -0.543. The topological polar surface area (TPSA) is 75.7 Å². The zero-order valence-corrected chi connectivity index (χ0v) is 15.3. The summed E-state index contributed by atoms with van der Waals surface area (Å²) in [6.07, 6.45) is 2.36. The van der Waals surface area contributed by atoms with Crippen LogP contribution in [0.25, 0.3) is 0 Å². The number of benzene rings is 1. The monoisotopic (exact) mass is 346 g/mol. The molecule has 1 heterocycles. The Labute approximate surface area is 148 Å². The van der Waals surface area contributed by atoms with Crippen molar-refractivity contribution in [2.45, 2.75) is 46.1 Å². The third-order valence-corrected chi connectivity index (χ3v) is 4.29. The first-order valence-electron chi connectivity index (χ1n) is 8.54. The number of nitrogens with one attached hydrogen (secondary N) is 1. The molecule has 2 amide bonds. The standard InChI is InChI=1S/C19H26N2O4/c1-19(2,3)18(24)20-14-9-7-8-13(12-14)16(22)21-11-6-5-10-15(21)17(23)25-4/h7-9,12,15H,5-6,10-11H2,1-4H3,(H,20,24). The van der Waals surface area contributed by atoms with Gasteiger partial charge in [-0.1, -0.05) is 26.8 Å². The minimum Gasteiger partial charge on any atom is -0.467 e. The molecule has 0 aliphatic carbocycles. The first-order chi connectivity index (χ1) is 11.7. The van der Waals surface area contributed by atoms with Crippen molar-refractivity contribution >= 4 is 23.5 Å². The van der Waals surface area contributed by atoms with E-state index in [1.165, 1.54) is 7.11 Å². The normalized spacial score (nSPS) is 17.8. The summed E-state index contributed by atoms with van der Waals surface area (Å²) < 4.78 is 4.83. The fourth-order valence-electron chi connectivity index (χ4n) is 2.77. The molecule has 0 bridgehead atoms. The summed E-state index contributed by atoms with van der Waals surface area (Å²) in [5.74, 6) is -0.727. The van der Waals surface area contributed by atoms with E-state index in [1.807, 2.05) is 20.8 Å². The van der Waals surface area contributed by atoms with Gasteiger partial charge in [0.05, 0.1) is 7.11 Å². The predicted octanol–water partition coefficient (Wildman–Crippen LogP) is 2.84. The number of piperidine rings is 1. The molecule has 1 aliphatic rings. The lowest BCUT2D eigenvalue weighted by Gasteiger charge is -2.33. The largest absolute Gasteiger partial charge is 0.467 e. The minimum absolute atomic E-state index is 0.123. The second kappa shape index (κ2) is 7.68. The van der Waals surface area contributed by atoms with Gasteiger partial charge in [0.2, 0.25) is 5.91 Å². The van der Waals surface area contributed by atoms with Crippen molar-refractivity contribution in [1.82, 2.24) is 4.90 Å². The molecule has 6 nitrogen and oxygen atoms in total. The maximum Gasteiger partial charge on any atom is 0.328 e. The Hall–Kier alpha value is -2.37. The van der Waals surface area contributed by atoms with Gasteiger partial charge >= 0.3 is 5.97 Å². The Balaban J connectivity index is 2.20. The smallest absolute Gasteiger partial charge is 0.328 e. The Morgan fingerprint density at radius 1 is 1.20 bits per heavy atom. The maximum absolute atomic E-state index is 12.9. The van der Waals surface area contributed by atoms with E-state index in [4.69, 9.17) is 4.74 Å². The summed E-state index contributed by atoms with van der Waals surface area (Å²) in [6, 6.07) is 6.27. The van der Waals surface area contributed by atoms with Crippen molar-refractivity contribution in [2.24, 2.45) is 5.41 Å². The van der Waals surface area contributed by atoms with Gasteiger partial charge in [0.25, 0.3) is 5.91 Å². The molecule has 1 aromatic rings. The van der Waals surface area contributed by atoms with Crippen molar-refractivity contribution in [2.75, 3.05) is 19.0 Å². The maximum atomic E-state index is 12.9. The lowest BCUT2D eigenvalue weighted by Crippen LogP contribution is -2.48. The Morgan fingerprint density at radius 3 is 2.56 bits per heavy atom. The molecule has 0 saturated carbocycles. The number of methoxy groups -OCH3 is 1. The number of likely N-dealkylation sites (tertiary alicyclic amines) is 1. The van der Waals surface area contributed by atoms with Crippen LogP contribution in [0.2, 0.25) is 0 Å². The predicted molar refractivity (Wildman–Crippen MR) is 95.2 cm³/mol. The number of ether oxygens (including phenoxy) is 1. The van der Waals surface area contributed by atoms with Crippen molar-refractivity contribution in [3.8, 4) is 0 Å².